The number of benzene rings is 1. The fourth-order valence-corrected chi connectivity index (χ4v) is 1.96. The summed E-state index contributed by atoms with van der Waals surface area (Å²) in [4.78, 5) is 12.6. The Morgan fingerprint density at radius 1 is 1.50 bits per heavy atom. The molecule has 1 aromatic rings. The molecule has 14 heavy (non-hydrogen) atoms. The molecular weight excluding hydrogens is 260 g/mol. The van der Waals surface area contributed by atoms with E-state index in [1.165, 1.54) is 0 Å². The second kappa shape index (κ2) is 5.56. The van der Waals surface area contributed by atoms with Crippen LogP contribution in [0, 0.1) is 0 Å². The molecule has 0 aromatic heterocycles. The van der Waals surface area contributed by atoms with Crippen LogP contribution in [0.1, 0.15) is 29.3 Å². The first-order chi connectivity index (χ1) is 6.69. The summed E-state index contributed by atoms with van der Waals surface area (Å²) in [5.41, 5.74) is 1.92. The lowest BCUT2D eigenvalue weighted by atomic mass is 10.0. The minimum Gasteiger partial charge on any atom is -0.294 e. The monoisotopic (exact) mass is 272 g/mol. The highest BCUT2D eigenvalue weighted by Gasteiger charge is 2.09. The molecule has 76 valence electrons. The summed E-state index contributed by atoms with van der Waals surface area (Å²) in [5.74, 6) is 0.201. The summed E-state index contributed by atoms with van der Waals surface area (Å²) in [6, 6.07) is 5.69. The zero-order chi connectivity index (χ0) is 10.6. The number of hydrogen-bond donors (Lipinski definition) is 1. The van der Waals surface area contributed by atoms with Crippen LogP contribution < -0.4 is 0 Å². The van der Waals surface area contributed by atoms with E-state index in [0.29, 0.717) is 6.42 Å². The van der Waals surface area contributed by atoms with Gasteiger partial charge in [-0.15, -0.1) is 12.6 Å². The third-order valence-corrected chi connectivity index (χ3v) is 2.77. The summed E-state index contributed by atoms with van der Waals surface area (Å²) in [5, 5.41) is 0.720. The van der Waals surface area contributed by atoms with Gasteiger partial charge in [0, 0.05) is 22.2 Å². The molecule has 1 aromatic carbocycles. The molecule has 0 atom stereocenters. The molecule has 0 aliphatic carbocycles. The largest absolute Gasteiger partial charge is 0.294 e. The fourth-order valence-electron chi connectivity index (χ4n) is 1.37. The van der Waals surface area contributed by atoms with Crippen LogP contribution in [0.4, 0.5) is 0 Å². The molecule has 0 radical (unpaired) electrons. The lowest BCUT2D eigenvalue weighted by Crippen LogP contribution is -2.03. The van der Waals surface area contributed by atoms with Crippen molar-refractivity contribution in [3.63, 3.8) is 0 Å². The maximum Gasteiger partial charge on any atom is 0.163 e. The Labute approximate surface area is 98.4 Å². The number of halogens is 1. The van der Waals surface area contributed by atoms with Crippen LogP contribution in [0.3, 0.4) is 0 Å². The van der Waals surface area contributed by atoms with Crippen LogP contribution in [0.15, 0.2) is 23.1 Å². The van der Waals surface area contributed by atoms with E-state index in [2.05, 4.69) is 28.6 Å². The van der Waals surface area contributed by atoms with Gasteiger partial charge in [-0.3, -0.25) is 4.79 Å². The van der Waals surface area contributed by atoms with Gasteiger partial charge in [0.1, 0.15) is 0 Å². The van der Waals surface area contributed by atoms with Crippen molar-refractivity contribution in [2.75, 3.05) is 5.33 Å². The first kappa shape index (κ1) is 11.8. The van der Waals surface area contributed by atoms with E-state index in [-0.39, 0.29) is 5.78 Å². The Balaban J connectivity index is 3.01. The lowest BCUT2D eigenvalue weighted by molar-refractivity contribution is 0.0989. The SMILES string of the molecule is CCc1cc(S)ccc1C(=O)CCBr. The minimum absolute atomic E-state index is 0.201. The molecule has 0 aliphatic heterocycles. The molecule has 1 nitrogen and oxygen atoms in total. The van der Waals surface area contributed by atoms with Gasteiger partial charge in [-0.2, -0.15) is 0 Å². The highest BCUT2D eigenvalue weighted by Crippen LogP contribution is 2.17. The van der Waals surface area contributed by atoms with Gasteiger partial charge < -0.3 is 0 Å². The Hall–Kier alpha value is -0.280. The Bertz CT molecular complexity index is 336. The van der Waals surface area contributed by atoms with Crippen LogP contribution in [0.5, 0.6) is 0 Å². The second-order valence-corrected chi connectivity index (χ2v) is 4.37. The number of alkyl halides is 1. The van der Waals surface area contributed by atoms with Gasteiger partial charge >= 0.3 is 0 Å². The third-order valence-electron chi connectivity index (χ3n) is 2.09. The number of hydrogen-bond acceptors (Lipinski definition) is 2. The molecule has 0 fully saturated rings. The Morgan fingerprint density at radius 3 is 2.79 bits per heavy atom. The molecule has 0 saturated carbocycles. The summed E-state index contributed by atoms with van der Waals surface area (Å²) >= 11 is 7.53. The van der Waals surface area contributed by atoms with Crippen LogP contribution in [0.25, 0.3) is 0 Å². The zero-order valence-electron chi connectivity index (χ0n) is 8.09. The van der Waals surface area contributed by atoms with Crippen molar-refractivity contribution in [3.8, 4) is 0 Å². The van der Waals surface area contributed by atoms with Gasteiger partial charge in [0.15, 0.2) is 5.78 Å². The van der Waals surface area contributed by atoms with Crippen molar-refractivity contribution < 1.29 is 4.79 Å². The van der Waals surface area contributed by atoms with Gasteiger partial charge in [0.2, 0.25) is 0 Å². The number of rotatable bonds is 4. The van der Waals surface area contributed by atoms with Crippen molar-refractivity contribution in [1.82, 2.24) is 0 Å². The van der Waals surface area contributed by atoms with Crippen LogP contribution in [-0.4, -0.2) is 11.1 Å². The van der Waals surface area contributed by atoms with E-state index >= 15 is 0 Å². The number of Topliss-reactive ketones (excluding diaryl/α,β-unsaturated/α-hetero) is 1. The van der Waals surface area contributed by atoms with E-state index < -0.39 is 0 Å². The standard InChI is InChI=1S/C11H13BrOS/c1-2-8-7-9(14)3-4-10(8)11(13)5-6-12/h3-4,7,14H,2,5-6H2,1H3. The summed E-state index contributed by atoms with van der Waals surface area (Å²) < 4.78 is 0. The molecule has 0 amide bonds. The van der Waals surface area contributed by atoms with E-state index in [0.717, 1.165) is 27.8 Å². The van der Waals surface area contributed by atoms with E-state index in [4.69, 9.17) is 0 Å². The van der Waals surface area contributed by atoms with Crippen LogP contribution in [0.2, 0.25) is 0 Å². The van der Waals surface area contributed by atoms with Gasteiger partial charge in [0.25, 0.3) is 0 Å². The van der Waals surface area contributed by atoms with Crippen LogP contribution in [-0.2, 0) is 6.42 Å². The minimum atomic E-state index is 0.201. The first-order valence-electron chi connectivity index (χ1n) is 4.60. The van der Waals surface area contributed by atoms with Crippen molar-refractivity contribution >= 4 is 34.3 Å². The number of ketones is 1. The molecule has 0 spiro atoms. The topological polar surface area (TPSA) is 17.1 Å². The smallest absolute Gasteiger partial charge is 0.163 e. The van der Waals surface area contributed by atoms with Gasteiger partial charge in [0.05, 0.1) is 0 Å². The number of aryl methyl sites for hydroxylation is 1. The second-order valence-electron chi connectivity index (χ2n) is 3.06. The normalized spacial score (nSPS) is 10.2. The van der Waals surface area contributed by atoms with Gasteiger partial charge in [-0.25, -0.2) is 0 Å². The zero-order valence-corrected chi connectivity index (χ0v) is 10.6. The maximum atomic E-state index is 11.7. The van der Waals surface area contributed by atoms with Gasteiger partial charge in [-0.1, -0.05) is 28.9 Å². The highest BCUT2D eigenvalue weighted by atomic mass is 79.9. The maximum absolute atomic E-state index is 11.7. The summed E-state index contributed by atoms with van der Waals surface area (Å²) in [6.07, 6.45) is 1.43. The molecule has 0 unspecified atom stereocenters. The first-order valence-corrected chi connectivity index (χ1v) is 6.17. The highest BCUT2D eigenvalue weighted by molar-refractivity contribution is 9.09. The van der Waals surface area contributed by atoms with E-state index in [9.17, 15) is 4.79 Å². The predicted octanol–water partition coefficient (Wildman–Crippen LogP) is 3.51. The number of carbonyl (C=O) groups is 1. The summed E-state index contributed by atoms with van der Waals surface area (Å²) in [7, 11) is 0. The molecular formula is C11H13BrOS. The molecule has 0 heterocycles. The molecule has 0 saturated heterocycles. The predicted molar refractivity (Wildman–Crippen MR) is 65.8 cm³/mol. The fraction of sp³-hybridized carbons (Fsp3) is 0.364. The van der Waals surface area contributed by atoms with Crippen molar-refractivity contribution in [1.29, 1.82) is 0 Å². The molecule has 0 bridgehead atoms. The molecule has 1 rings (SSSR count). The number of thiol groups is 1. The average molecular weight is 273 g/mol. The Morgan fingerprint density at radius 2 is 2.21 bits per heavy atom. The average Bonchev–Trinajstić information content (AvgIpc) is 2.17. The lowest BCUT2D eigenvalue weighted by Gasteiger charge is -2.06. The summed E-state index contributed by atoms with van der Waals surface area (Å²) in [6.45, 7) is 2.05. The quantitative estimate of drug-likeness (QED) is 0.504. The van der Waals surface area contributed by atoms with Crippen molar-refractivity contribution in [2.24, 2.45) is 0 Å². The van der Waals surface area contributed by atoms with Crippen LogP contribution >= 0.6 is 28.6 Å². The van der Waals surface area contributed by atoms with Crippen molar-refractivity contribution in [3.05, 3.63) is 29.3 Å². The molecule has 0 aliphatic rings. The van der Waals surface area contributed by atoms with Gasteiger partial charge in [-0.05, 0) is 24.1 Å². The molecule has 3 heteroatoms. The Kier molecular flexibility index (Phi) is 4.69. The van der Waals surface area contributed by atoms with Crippen molar-refractivity contribution in [2.45, 2.75) is 24.7 Å². The number of carbonyl (C=O) groups excluding carboxylic acids is 1. The third kappa shape index (κ3) is 2.85. The van der Waals surface area contributed by atoms with E-state index in [1.807, 2.05) is 25.1 Å². The van der Waals surface area contributed by atoms with E-state index in [1.54, 1.807) is 0 Å². The molecule has 0 N–H and O–H groups in total.